The zero-order chi connectivity index (χ0) is 20.0. The van der Waals surface area contributed by atoms with Crippen molar-refractivity contribution >= 4 is 29.3 Å². The van der Waals surface area contributed by atoms with Gasteiger partial charge in [-0.3, -0.25) is 4.79 Å². The van der Waals surface area contributed by atoms with Crippen molar-refractivity contribution < 1.29 is 27.8 Å². The molecule has 10 heteroatoms. The van der Waals surface area contributed by atoms with Gasteiger partial charge in [0.1, 0.15) is 17.1 Å². The van der Waals surface area contributed by atoms with Crippen molar-refractivity contribution in [1.29, 1.82) is 0 Å². The number of aromatic nitrogens is 2. The second-order valence-electron chi connectivity index (χ2n) is 5.26. The van der Waals surface area contributed by atoms with Gasteiger partial charge in [-0.2, -0.15) is 8.78 Å². The number of carbonyl (C=O) groups excluding carboxylic acids is 2. The molecule has 0 atom stereocenters. The number of rotatable bonds is 8. The third-order valence-electron chi connectivity index (χ3n) is 3.28. The summed E-state index contributed by atoms with van der Waals surface area (Å²) in [6, 6.07) is 4.36. The number of thioether (sulfide) groups is 1. The van der Waals surface area contributed by atoms with Crippen molar-refractivity contribution in [3.63, 3.8) is 0 Å². The molecule has 2 N–H and O–H groups in total. The Bertz CT molecular complexity index is 849. The topological polar surface area (TPSA) is 104 Å². The summed E-state index contributed by atoms with van der Waals surface area (Å²) in [6.45, 7) is 0.532. The molecule has 27 heavy (non-hydrogen) atoms. The van der Waals surface area contributed by atoms with Crippen LogP contribution in [0, 0.1) is 6.92 Å². The molecule has 1 aromatic heterocycles. The standard InChI is InChI=1S/C17H17F2N3O4S/c1-3-25-15(24)11-7-21-17(22-14(11)20)27-8-12(23)10-6-9(2)4-5-13(10)26-16(18)19/h4-7,16H,3,8H2,1-2H3,(H2,20,21,22). The number of carbonyl (C=O) groups is 2. The fourth-order valence-electron chi connectivity index (χ4n) is 2.08. The molecular formula is C17H17F2N3O4S. The van der Waals surface area contributed by atoms with E-state index in [2.05, 4.69) is 14.7 Å². The highest BCUT2D eigenvalue weighted by atomic mass is 32.2. The fraction of sp³-hybridized carbons (Fsp3) is 0.294. The molecule has 0 aliphatic rings. The van der Waals surface area contributed by atoms with Gasteiger partial charge in [-0.05, 0) is 26.0 Å². The number of ether oxygens (including phenoxy) is 2. The number of esters is 1. The molecule has 1 aromatic carbocycles. The lowest BCUT2D eigenvalue weighted by atomic mass is 10.1. The van der Waals surface area contributed by atoms with E-state index in [-0.39, 0.29) is 40.2 Å². The third kappa shape index (κ3) is 5.61. The minimum atomic E-state index is -3.04. The predicted molar refractivity (Wildman–Crippen MR) is 95.3 cm³/mol. The first-order chi connectivity index (χ1) is 12.8. The second kappa shape index (κ2) is 9.26. The summed E-state index contributed by atoms with van der Waals surface area (Å²) in [7, 11) is 0. The van der Waals surface area contributed by atoms with Crippen LogP contribution in [0.3, 0.4) is 0 Å². The molecule has 2 rings (SSSR count). The van der Waals surface area contributed by atoms with Gasteiger partial charge in [-0.15, -0.1) is 0 Å². The van der Waals surface area contributed by atoms with Gasteiger partial charge in [-0.1, -0.05) is 23.4 Å². The molecule has 0 saturated carbocycles. The number of nitrogens with two attached hydrogens (primary N) is 1. The van der Waals surface area contributed by atoms with E-state index in [9.17, 15) is 18.4 Å². The molecule has 0 saturated heterocycles. The van der Waals surface area contributed by atoms with Crippen molar-refractivity contribution in [3.8, 4) is 5.75 Å². The summed E-state index contributed by atoms with van der Waals surface area (Å²) in [4.78, 5) is 32.0. The Morgan fingerprint density at radius 3 is 2.67 bits per heavy atom. The number of halogens is 2. The maximum Gasteiger partial charge on any atom is 0.387 e. The molecule has 0 spiro atoms. The van der Waals surface area contributed by atoms with Crippen molar-refractivity contribution in [2.24, 2.45) is 0 Å². The highest BCUT2D eigenvalue weighted by Crippen LogP contribution is 2.25. The largest absolute Gasteiger partial charge is 0.462 e. The van der Waals surface area contributed by atoms with E-state index >= 15 is 0 Å². The van der Waals surface area contributed by atoms with E-state index in [1.165, 1.54) is 18.3 Å². The average Bonchev–Trinajstić information content (AvgIpc) is 2.61. The van der Waals surface area contributed by atoms with Crippen LogP contribution in [0.5, 0.6) is 5.75 Å². The predicted octanol–water partition coefficient (Wildman–Crippen LogP) is 3.12. The summed E-state index contributed by atoms with van der Waals surface area (Å²) in [5.74, 6) is -1.47. The van der Waals surface area contributed by atoms with Crippen LogP contribution in [-0.4, -0.2) is 40.7 Å². The number of anilines is 1. The molecule has 0 amide bonds. The van der Waals surface area contributed by atoms with Crippen molar-refractivity contribution in [1.82, 2.24) is 9.97 Å². The first-order valence-corrected chi connectivity index (χ1v) is 8.81. The second-order valence-corrected chi connectivity index (χ2v) is 6.20. The van der Waals surface area contributed by atoms with Crippen molar-refractivity contribution in [3.05, 3.63) is 41.1 Å². The lowest BCUT2D eigenvalue weighted by molar-refractivity contribution is -0.0501. The normalized spacial score (nSPS) is 10.7. The molecule has 1 heterocycles. The zero-order valence-electron chi connectivity index (χ0n) is 14.6. The summed E-state index contributed by atoms with van der Waals surface area (Å²) >= 11 is 0.958. The summed E-state index contributed by atoms with van der Waals surface area (Å²) < 4.78 is 34.2. The van der Waals surface area contributed by atoms with Crippen LogP contribution in [0.1, 0.15) is 33.2 Å². The van der Waals surface area contributed by atoms with Gasteiger partial charge in [0, 0.05) is 6.20 Å². The van der Waals surface area contributed by atoms with Crippen LogP contribution in [0.4, 0.5) is 14.6 Å². The minimum Gasteiger partial charge on any atom is -0.462 e. The zero-order valence-corrected chi connectivity index (χ0v) is 15.4. The molecule has 0 unspecified atom stereocenters. The Hall–Kier alpha value is -2.75. The van der Waals surface area contributed by atoms with E-state index in [0.29, 0.717) is 0 Å². The smallest absolute Gasteiger partial charge is 0.387 e. The molecule has 0 bridgehead atoms. The number of ketones is 1. The first-order valence-electron chi connectivity index (χ1n) is 7.83. The number of benzene rings is 1. The number of aryl methyl sites for hydroxylation is 1. The Balaban J connectivity index is 2.11. The van der Waals surface area contributed by atoms with Gasteiger partial charge < -0.3 is 15.2 Å². The van der Waals surface area contributed by atoms with Gasteiger partial charge in [-0.25, -0.2) is 14.8 Å². The molecule has 7 nitrogen and oxygen atoms in total. The monoisotopic (exact) mass is 397 g/mol. The van der Waals surface area contributed by atoms with Gasteiger partial charge in [0.15, 0.2) is 10.9 Å². The first kappa shape index (κ1) is 20.6. The SMILES string of the molecule is CCOC(=O)c1cnc(SCC(=O)c2cc(C)ccc2OC(F)F)nc1N. The van der Waals surface area contributed by atoms with Crippen LogP contribution in [0.15, 0.2) is 29.6 Å². The molecule has 0 aliphatic carbocycles. The molecular weight excluding hydrogens is 380 g/mol. The van der Waals surface area contributed by atoms with Crippen molar-refractivity contribution in [2.45, 2.75) is 25.6 Å². The highest BCUT2D eigenvalue weighted by molar-refractivity contribution is 7.99. The molecule has 0 aliphatic heterocycles. The quantitative estimate of drug-likeness (QED) is 0.314. The molecule has 0 radical (unpaired) electrons. The third-order valence-corrected chi connectivity index (χ3v) is 4.14. The van der Waals surface area contributed by atoms with E-state index in [1.54, 1.807) is 19.9 Å². The number of alkyl halides is 2. The maximum absolute atomic E-state index is 12.5. The number of Topliss-reactive ketones (excluding diaryl/α,β-unsaturated/α-hetero) is 1. The van der Waals surface area contributed by atoms with Crippen LogP contribution >= 0.6 is 11.8 Å². The number of hydrogen-bond acceptors (Lipinski definition) is 8. The van der Waals surface area contributed by atoms with Crippen LogP contribution in [-0.2, 0) is 4.74 Å². The number of hydrogen-bond donors (Lipinski definition) is 1. The van der Waals surface area contributed by atoms with Crippen LogP contribution < -0.4 is 10.5 Å². The Morgan fingerprint density at radius 1 is 1.30 bits per heavy atom. The number of nitrogen functional groups attached to an aromatic ring is 1. The molecule has 144 valence electrons. The van der Waals surface area contributed by atoms with Gasteiger partial charge >= 0.3 is 12.6 Å². The van der Waals surface area contributed by atoms with Gasteiger partial charge in [0.2, 0.25) is 0 Å². The van der Waals surface area contributed by atoms with Gasteiger partial charge in [0.05, 0.1) is 17.9 Å². The lowest BCUT2D eigenvalue weighted by Gasteiger charge is -2.11. The highest BCUT2D eigenvalue weighted by Gasteiger charge is 2.18. The van der Waals surface area contributed by atoms with E-state index in [0.717, 1.165) is 17.3 Å². The van der Waals surface area contributed by atoms with Gasteiger partial charge in [0.25, 0.3) is 0 Å². The molecule has 2 aromatic rings. The summed E-state index contributed by atoms with van der Waals surface area (Å²) in [5.41, 5.74) is 6.51. The average molecular weight is 397 g/mol. The van der Waals surface area contributed by atoms with E-state index in [1.807, 2.05) is 0 Å². The van der Waals surface area contributed by atoms with Crippen LogP contribution in [0.2, 0.25) is 0 Å². The Labute approximate surface area is 158 Å². The Kier molecular flexibility index (Phi) is 7.05. The van der Waals surface area contributed by atoms with Crippen LogP contribution in [0.25, 0.3) is 0 Å². The fourth-order valence-corrected chi connectivity index (χ4v) is 2.79. The lowest BCUT2D eigenvalue weighted by Crippen LogP contribution is -2.12. The Morgan fingerprint density at radius 2 is 2.04 bits per heavy atom. The van der Waals surface area contributed by atoms with Crippen molar-refractivity contribution in [2.75, 3.05) is 18.1 Å². The summed E-state index contributed by atoms with van der Waals surface area (Å²) in [6.07, 6.45) is 1.21. The van der Waals surface area contributed by atoms with E-state index < -0.39 is 18.4 Å². The maximum atomic E-state index is 12.5. The molecule has 0 fully saturated rings. The summed E-state index contributed by atoms with van der Waals surface area (Å²) in [5, 5.41) is 0.165. The minimum absolute atomic E-state index is 0.0267. The van der Waals surface area contributed by atoms with E-state index in [4.69, 9.17) is 10.5 Å². The number of nitrogens with zero attached hydrogens (tertiary/aromatic N) is 2.